The van der Waals surface area contributed by atoms with E-state index in [4.69, 9.17) is 14.3 Å². The minimum absolute atomic E-state index is 0.00970. The van der Waals surface area contributed by atoms with Gasteiger partial charge in [-0.15, -0.1) is 0 Å². The summed E-state index contributed by atoms with van der Waals surface area (Å²) >= 11 is 0. The molecule has 2 aromatic carbocycles. The smallest absolute Gasteiger partial charge is 0.420 e. The number of carbonyl (C=O) groups is 2. The van der Waals surface area contributed by atoms with Crippen LogP contribution in [-0.4, -0.2) is 28.7 Å². The van der Waals surface area contributed by atoms with Crippen molar-refractivity contribution in [3.8, 4) is 5.75 Å². The molecule has 1 aromatic heterocycles. The first-order valence-corrected chi connectivity index (χ1v) is 7.74. The van der Waals surface area contributed by atoms with Crippen molar-refractivity contribution in [2.24, 2.45) is 0 Å². The van der Waals surface area contributed by atoms with Crippen molar-refractivity contribution in [1.29, 1.82) is 0 Å². The molecule has 0 saturated heterocycles. The van der Waals surface area contributed by atoms with Crippen LogP contribution in [0.1, 0.15) is 23.3 Å². The van der Waals surface area contributed by atoms with Crippen molar-refractivity contribution >= 4 is 28.7 Å². The van der Waals surface area contributed by atoms with Crippen molar-refractivity contribution in [2.45, 2.75) is 13.0 Å². The van der Waals surface area contributed by atoms with Gasteiger partial charge in [0, 0.05) is 0 Å². The predicted octanol–water partition coefficient (Wildman–Crippen LogP) is 2.50. The van der Waals surface area contributed by atoms with Crippen molar-refractivity contribution < 1.29 is 23.8 Å². The number of fused-ring (bicyclic) bond motifs is 1. The molecule has 1 heterocycles. The summed E-state index contributed by atoms with van der Waals surface area (Å²) in [6.07, 6.45) is 0. The lowest BCUT2D eigenvalue weighted by Crippen LogP contribution is -2.29. The van der Waals surface area contributed by atoms with Gasteiger partial charge >= 0.3 is 11.7 Å². The molecule has 0 radical (unpaired) electrons. The number of ether oxygens (including phenoxy) is 1. The van der Waals surface area contributed by atoms with Gasteiger partial charge in [-0.3, -0.25) is 9.36 Å². The van der Waals surface area contributed by atoms with Crippen molar-refractivity contribution in [3.05, 3.63) is 58.6 Å². The number of para-hydroxylation sites is 2. The van der Waals surface area contributed by atoms with Gasteiger partial charge in [-0.05, 0) is 37.3 Å². The van der Waals surface area contributed by atoms with Crippen LogP contribution in [0, 0.1) is 0 Å². The zero-order chi connectivity index (χ0) is 18.8. The summed E-state index contributed by atoms with van der Waals surface area (Å²) in [6, 6.07) is 10.1. The maximum Gasteiger partial charge on any atom is 0.420 e. The van der Waals surface area contributed by atoms with Gasteiger partial charge in [-0.1, -0.05) is 12.1 Å². The lowest BCUT2D eigenvalue weighted by atomic mass is 10.2. The number of anilines is 1. The molecule has 26 heavy (non-hydrogen) atoms. The number of oxazole rings is 1. The number of nitrogens with one attached hydrogen (secondary N) is 1. The van der Waals surface area contributed by atoms with Crippen LogP contribution in [0.15, 0.2) is 51.7 Å². The average molecular weight is 356 g/mol. The zero-order valence-electron chi connectivity index (χ0n) is 14.1. The Morgan fingerprint density at radius 1 is 1.23 bits per heavy atom. The summed E-state index contributed by atoms with van der Waals surface area (Å²) in [5.74, 6) is -1.83. The number of nitrogens with zero attached hydrogens (tertiary/aromatic N) is 1. The van der Waals surface area contributed by atoms with Gasteiger partial charge in [0.25, 0.3) is 0 Å². The fraction of sp³-hybridized carbons (Fsp3) is 0.167. The van der Waals surface area contributed by atoms with Crippen molar-refractivity contribution in [3.63, 3.8) is 0 Å². The normalized spacial score (nSPS) is 11.9. The van der Waals surface area contributed by atoms with E-state index in [1.165, 1.54) is 29.9 Å². The molecular weight excluding hydrogens is 340 g/mol. The standard InChI is InChI=1S/C18H16N2O6/c1-10(16(21)19-12-5-3-4-6-14(12)25-2)20-13-8-7-11(17(22)23)9-15(13)26-18(20)24/h3-10H,1-2H3,(H,19,21)(H,22,23). The van der Waals surface area contributed by atoms with Crippen LogP contribution < -0.4 is 15.8 Å². The van der Waals surface area contributed by atoms with Gasteiger partial charge in [0.05, 0.1) is 23.9 Å². The molecule has 134 valence electrons. The first-order valence-electron chi connectivity index (χ1n) is 7.74. The summed E-state index contributed by atoms with van der Waals surface area (Å²) < 4.78 is 11.5. The molecule has 3 rings (SSSR count). The maximum absolute atomic E-state index is 12.6. The monoisotopic (exact) mass is 356 g/mol. The Morgan fingerprint density at radius 2 is 1.96 bits per heavy atom. The number of carbonyl (C=O) groups excluding carboxylic acids is 1. The molecule has 1 atom stereocenters. The third kappa shape index (κ3) is 3.04. The molecule has 1 unspecified atom stereocenters. The van der Waals surface area contributed by atoms with E-state index in [2.05, 4.69) is 5.32 Å². The molecule has 8 nitrogen and oxygen atoms in total. The molecule has 0 aliphatic rings. The number of carboxylic acid groups (broad SMARTS) is 1. The summed E-state index contributed by atoms with van der Waals surface area (Å²) in [5, 5.41) is 11.7. The van der Waals surface area contributed by atoms with Crippen LogP contribution >= 0.6 is 0 Å². The number of carboxylic acids is 1. The van der Waals surface area contributed by atoms with E-state index in [1.807, 2.05) is 0 Å². The van der Waals surface area contributed by atoms with Crippen LogP contribution in [0.25, 0.3) is 11.1 Å². The van der Waals surface area contributed by atoms with Crippen molar-refractivity contribution in [1.82, 2.24) is 4.57 Å². The molecule has 0 saturated carbocycles. The Labute approximate surface area is 147 Å². The Bertz CT molecular complexity index is 1050. The Hall–Kier alpha value is -3.55. The van der Waals surface area contributed by atoms with E-state index in [1.54, 1.807) is 31.2 Å². The summed E-state index contributed by atoms with van der Waals surface area (Å²) in [4.78, 5) is 35.8. The number of aromatic nitrogens is 1. The zero-order valence-corrected chi connectivity index (χ0v) is 14.1. The van der Waals surface area contributed by atoms with Crippen LogP contribution in [0.5, 0.6) is 5.75 Å². The lowest BCUT2D eigenvalue weighted by Gasteiger charge is -2.15. The van der Waals surface area contributed by atoms with Crippen LogP contribution in [0.3, 0.4) is 0 Å². The van der Waals surface area contributed by atoms with E-state index in [0.29, 0.717) is 17.0 Å². The molecule has 0 spiro atoms. The molecule has 0 aliphatic heterocycles. The van der Waals surface area contributed by atoms with E-state index < -0.39 is 23.7 Å². The molecule has 2 N–H and O–H groups in total. The van der Waals surface area contributed by atoms with E-state index >= 15 is 0 Å². The Kier molecular flexibility index (Phi) is 4.49. The third-order valence-electron chi connectivity index (χ3n) is 3.99. The van der Waals surface area contributed by atoms with Gasteiger partial charge < -0.3 is 19.6 Å². The second-order valence-electron chi connectivity index (χ2n) is 5.59. The predicted molar refractivity (Wildman–Crippen MR) is 93.8 cm³/mol. The topological polar surface area (TPSA) is 111 Å². The lowest BCUT2D eigenvalue weighted by molar-refractivity contribution is -0.118. The largest absolute Gasteiger partial charge is 0.495 e. The number of hydrogen-bond donors (Lipinski definition) is 2. The van der Waals surface area contributed by atoms with E-state index in [-0.39, 0.29) is 11.1 Å². The molecule has 0 fully saturated rings. The highest BCUT2D eigenvalue weighted by Crippen LogP contribution is 2.25. The van der Waals surface area contributed by atoms with Gasteiger partial charge in [-0.25, -0.2) is 9.59 Å². The summed E-state index contributed by atoms with van der Waals surface area (Å²) in [7, 11) is 1.49. The fourth-order valence-corrected chi connectivity index (χ4v) is 2.64. The third-order valence-corrected chi connectivity index (χ3v) is 3.99. The first-order chi connectivity index (χ1) is 12.4. The molecule has 3 aromatic rings. The van der Waals surface area contributed by atoms with Gasteiger partial charge in [0.1, 0.15) is 11.8 Å². The maximum atomic E-state index is 12.6. The van der Waals surface area contributed by atoms with Gasteiger partial charge in [0.2, 0.25) is 5.91 Å². The van der Waals surface area contributed by atoms with Crippen LogP contribution in [0.2, 0.25) is 0 Å². The molecule has 8 heteroatoms. The number of aromatic carboxylic acids is 1. The molecule has 1 amide bonds. The molecule has 0 bridgehead atoms. The van der Waals surface area contributed by atoms with Gasteiger partial charge in [-0.2, -0.15) is 0 Å². The quantitative estimate of drug-likeness (QED) is 0.727. The minimum atomic E-state index is -1.13. The van der Waals surface area contributed by atoms with Gasteiger partial charge in [0.15, 0.2) is 5.58 Å². The number of rotatable bonds is 5. The second kappa shape index (κ2) is 6.75. The number of methoxy groups -OCH3 is 1. The number of hydrogen-bond acceptors (Lipinski definition) is 5. The molecular formula is C18H16N2O6. The minimum Gasteiger partial charge on any atom is -0.495 e. The SMILES string of the molecule is COc1ccccc1NC(=O)C(C)n1c(=O)oc2cc(C(=O)O)ccc21. The number of amides is 1. The highest BCUT2D eigenvalue weighted by Gasteiger charge is 2.23. The van der Waals surface area contributed by atoms with Crippen LogP contribution in [-0.2, 0) is 4.79 Å². The van der Waals surface area contributed by atoms with E-state index in [0.717, 1.165) is 0 Å². The van der Waals surface area contributed by atoms with Crippen LogP contribution in [0.4, 0.5) is 5.69 Å². The summed E-state index contributed by atoms with van der Waals surface area (Å²) in [6.45, 7) is 1.55. The second-order valence-corrected chi connectivity index (χ2v) is 5.59. The fourth-order valence-electron chi connectivity index (χ4n) is 2.64. The molecule has 0 aliphatic carbocycles. The Morgan fingerprint density at radius 3 is 2.65 bits per heavy atom. The number of benzene rings is 2. The van der Waals surface area contributed by atoms with E-state index in [9.17, 15) is 14.4 Å². The highest BCUT2D eigenvalue weighted by atomic mass is 16.5. The highest BCUT2D eigenvalue weighted by molar-refractivity contribution is 5.96. The first kappa shape index (κ1) is 17.3. The average Bonchev–Trinajstić information content (AvgIpc) is 2.96. The Balaban J connectivity index is 1.95. The summed E-state index contributed by atoms with van der Waals surface area (Å²) in [5.41, 5.74) is 0.903. The van der Waals surface area contributed by atoms with Crippen molar-refractivity contribution in [2.75, 3.05) is 12.4 Å².